The molecule has 1 fully saturated rings. The van der Waals surface area contributed by atoms with Crippen LogP contribution in [0.25, 0.3) is 5.82 Å². The topological polar surface area (TPSA) is 115 Å². The Kier molecular flexibility index (Phi) is 6.16. The fourth-order valence-corrected chi connectivity index (χ4v) is 3.12. The molecule has 0 spiro atoms. The summed E-state index contributed by atoms with van der Waals surface area (Å²) in [6.45, 7) is 3.57. The summed E-state index contributed by atoms with van der Waals surface area (Å²) in [7, 11) is 0. The fourth-order valence-electron chi connectivity index (χ4n) is 3.12. The highest BCUT2D eigenvalue weighted by Crippen LogP contribution is 2.24. The molecule has 1 amide bonds. The second kappa shape index (κ2) is 9.33. The maximum absolute atomic E-state index is 12.5. The van der Waals surface area contributed by atoms with Crippen molar-refractivity contribution in [3.63, 3.8) is 0 Å². The van der Waals surface area contributed by atoms with Crippen molar-refractivity contribution in [2.45, 2.75) is 19.8 Å². The van der Waals surface area contributed by atoms with Gasteiger partial charge in [-0.3, -0.25) is 4.79 Å². The lowest BCUT2D eigenvalue weighted by Crippen LogP contribution is -2.52. The number of nitrogens with one attached hydrogen (secondary N) is 1. The zero-order valence-corrected chi connectivity index (χ0v) is 17.1. The van der Waals surface area contributed by atoms with Gasteiger partial charge >= 0.3 is 5.97 Å². The Morgan fingerprint density at radius 3 is 2.61 bits per heavy atom. The monoisotopic (exact) mass is 421 g/mol. The first-order valence-electron chi connectivity index (χ1n) is 10.1. The minimum absolute atomic E-state index is 0.0694. The molecule has 160 valence electrons. The van der Waals surface area contributed by atoms with Gasteiger partial charge in [-0.05, 0) is 30.7 Å². The Hall–Kier alpha value is -3.82. The number of nitrogens with zero attached hydrogens (tertiary/aromatic N) is 6. The summed E-state index contributed by atoms with van der Waals surface area (Å²) >= 11 is 0. The first kappa shape index (κ1) is 20.5. The zero-order chi connectivity index (χ0) is 21.6. The minimum atomic E-state index is -0.351. The van der Waals surface area contributed by atoms with Crippen LogP contribution in [0.2, 0.25) is 0 Å². The Balaban J connectivity index is 1.28. The van der Waals surface area contributed by atoms with Crippen LogP contribution >= 0.6 is 0 Å². The van der Waals surface area contributed by atoms with E-state index in [-0.39, 0.29) is 17.8 Å². The summed E-state index contributed by atoms with van der Waals surface area (Å²) < 4.78 is 6.74. The molecular weight excluding hydrogens is 398 g/mol. The highest BCUT2D eigenvalue weighted by atomic mass is 16.5. The lowest BCUT2D eigenvalue weighted by Gasteiger charge is -2.39. The number of hydrogen-bond donors (Lipinski definition) is 1. The van der Waals surface area contributed by atoms with Crippen LogP contribution in [0.5, 0.6) is 0 Å². The van der Waals surface area contributed by atoms with Crippen LogP contribution < -0.4 is 10.2 Å². The Labute approximate surface area is 179 Å². The molecule has 1 N–H and O–H groups in total. The van der Waals surface area contributed by atoms with Gasteiger partial charge in [-0.1, -0.05) is 13.3 Å². The maximum atomic E-state index is 12.5. The third-order valence-electron chi connectivity index (χ3n) is 4.99. The van der Waals surface area contributed by atoms with E-state index in [2.05, 4.69) is 25.4 Å². The maximum Gasteiger partial charge on any atom is 0.338 e. The molecule has 0 saturated carbocycles. The van der Waals surface area contributed by atoms with Crippen molar-refractivity contribution in [3.05, 3.63) is 54.9 Å². The molecule has 10 heteroatoms. The second-order valence-corrected chi connectivity index (χ2v) is 7.23. The number of amides is 1. The molecule has 1 aliphatic heterocycles. The van der Waals surface area contributed by atoms with Crippen molar-refractivity contribution < 1.29 is 14.3 Å². The van der Waals surface area contributed by atoms with E-state index < -0.39 is 0 Å². The molecule has 0 radical (unpaired) electrons. The van der Waals surface area contributed by atoms with E-state index in [0.29, 0.717) is 36.8 Å². The van der Waals surface area contributed by atoms with Crippen molar-refractivity contribution in [3.8, 4) is 5.82 Å². The van der Waals surface area contributed by atoms with Crippen molar-refractivity contribution in [1.29, 1.82) is 0 Å². The SMILES string of the molecule is CCCCOC(=O)c1ccc(NC(=O)C2CN(c3cc(-n4cncn4)ncn3)C2)cc1. The van der Waals surface area contributed by atoms with Crippen LogP contribution in [0, 0.1) is 5.92 Å². The van der Waals surface area contributed by atoms with Crippen LogP contribution in [0.1, 0.15) is 30.1 Å². The summed E-state index contributed by atoms with van der Waals surface area (Å²) in [5.74, 6) is 0.777. The van der Waals surface area contributed by atoms with Crippen LogP contribution in [-0.4, -0.2) is 56.3 Å². The molecule has 1 aromatic carbocycles. The first-order chi connectivity index (χ1) is 15.1. The van der Waals surface area contributed by atoms with E-state index in [9.17, 15) is 9.59 Å². The molecule has 1 saturated heterocycles. The predicted octanol–water partition coefficient (Wildman–Crippen LogP) is 2.09. The molecule has 3 aromatic rings. The second-order valence-electron chi connectivity index (χ2n) is 7.23. The van der Waals surface area contributed by atoms with Gasteiger partial charge in [0.2, 0.25) is 5.91 Å². The average molecular weight is 421 g/mol. The first-order valence-corrected chi connectivity index (χ1v) is 10.1. The summed E-state index contributed by atoms with van der Waals surface area (Å²) in [5.41, 5.74) is 1.11. The Morgan fingerprint density at radius 2 is 1.90 bits per heavy atom. The molecule has 4 rings (SSSR count). The number of unbranched alkanes of at least 4 members (excludes halogenated alkanes) is 1. The standard InChI is InChI=1S/C21H23N7O3/c1-2-3-8-31-21(30)15-4-6-17(7-5-15)26-20(29)16-10-27(11-16)18-9-19(24-13-23-18)28-14-22-12-25-28/h4-7,9,12-14,16H,2-3,8,10-11H2,1H3,(H,26,29). The van der Waals surface area contributed by atoms with Crippen molar-refractivity contribution in [1.82, 2.24) is 24.7 Å². The Morgan fingerprint density at radius 1 is 1.13 bits per heavy atom. The van der Waals surface area contributed by atoms with E-state index in [1.165, 1.54) is 12.7 Å². The van der Waals surface area contributed by atoms with E-state index >= 15 is 0 Å². The zero-order valence-electron chi connectivity index (χ0n) is 17.1. The van der Waals surface area contributed by atoms with Gasteiger partial charge in [0.15, 0.2) is 5.82 Å². The van der Waals surface area contributed by atoms with Gasteiger partial charge in [0, 0.05) is 24.8 Å². The molecule has 0 bridgehead atoms. The average Bonchev–Trinajstić information content (AvgIpc) is 3.28. The molecule has 0 atom stereocenters. The molecule has 0 unspecified atom stereocenters. The Bertz CT molecular complexity index is 1030. The number of aromatic nitrogens is 5. The van der Waals surface area contributed by atoms with Gasteiger partial charge in [-0.15, -0.1) is 0 Å². The number of esters is 1. The normalized spacial score (nSPS) is 13.5. The smallest absolute Gasteiger partial charge is 0.338 e. The van der Waals surface area contributed by atoms with Crippen LogP contribution in [0.4, 0.5) is 11.5 Å². The van der Waals surface area contributed by atoms with Crippen LogP contribution in [0.3, 0.4) is 0 Å². The predicted molar refractivity (Wildman–Crippen MR) is 113 cm³/mol. The van der Waals surface area contributed by atoms with Gasteiger partial charge in [-0.25, -0.2) is 24.4 Å². The summed E-state index contributed by atoms with van der Waals surface area (Å²) in [5, 5.41) is 6.96. The van der Waals surface area contributed by atoms with Gasteiger partial charge in [-0.2, -0.15) is 5.10 Å². The molecule has 1 aliphatic rings. The van der Waals surface area contributed by atoms with Crippen LogP contribution in [-0.2, 0) is 9.53 Å². The molecule has 3 heterocycles. The largest absolute Gasteiger partial charge is 0.462 e. The van der Waals surface area contributed by atoms with E-state index in [4.69, 9.17) is 4.74 Å². The highest BCUT2D eigenvalue weighted by Gasteiger charge is 2.33. The van der Waals surface area contributed by atoms with Crippen molar-refractivity contribution >= 4 is 23.4 Å². The molecular formula is C21H23N7O3. The highest BCUT2D eigenvalue weighted by molar-refractivity contribution is 5.95. The van der Waals surface area contributed by atoms with Gasteiger partial charge < -0.3 is 15.0 Å². The number of ether oxygens (including phenoxy) is 1. The molecule has 0 aliphatic carbocycles. The number of hydrogen-bond acceptors (Lipinski definition) is 8. The van der Waals surface area contributed by atoms with Crippen molar-refractivity contribution in [2.75, 3.05) is 29.9 Å². The minimum Gasteiger partial charge on any atom is -0.462 e. The van der Waals surface area contributed by atoms with Crippen LogP contribution in [0.15, 0.2) is 49.3 Å². The summed E-state index contributed by atoms with van der Waals surface area (Å²) in [4.78, 5) is 38.9. The number of benzene rings is 1. The third kappa shape index (κ3) is 4.85. The number of carbonyl (C=O) groups excluding carboxylic acids is 2. The fraction of sp³-hybridized carbons (Fsp3) is 0.333. The molecule has 10 nitrogen and oxygen atoms in total. The van der Waals surface area contributed by atoms with Gasteiger partial charge in [0.1, 0.15) is 24.8 Å². The number of rotatable bonds is 8. The van der Waals surface area contributed by atoms with Gasteiger partial charge in [0.25, 0.3) is 0 Å². The molecule has 31 heavy (non-hydrogen) atoms. The molecule has 2 aromatic heterocycles. The summed E-state index contributed by atoms with van der Waals surface area (Å²) in [6.07, 6.45) is 6.28. The lowest BCUT2D eigenvalue weighted by atomic mass is 9.99. The van der Waals surface area contributed by atoms with E-state index in [0.717, 1.165) is 18.7 Å². The lowest BCUT2D eigenvalue weighted by molar-refractivity contribution is -0.120. The third-order valence-corrected chi connectivity index (χ3v) is 4.99. The number of carbonyl (C=O) groups is 2. The van der Waals surface area contributed by atoms with Gasteiger partial charge in [0.05, 0.1) is 18.1 Å². The summed E-state index contributed by atoms with van der Waals surface area (Å²) in [6, 6.07) is 8.54. The quantitative estimate of drug-likeness (QED) is 0.434. The van der Waals surface area contributed by atoms with E-state index in [1.54, 1.807) is 41.3 Å². The van der Waals surface area contributed by atoms with Crippen molar-refractivity contribution in [2.24, 2.45) is 5.92 Å². The number of anilines is 2. The van der Waals surface area contributed by atoms with E-state index in [1.807, 2.05) is 11.8 Å².